The van der Waals surface area contributed by atoms with Crippen LogP contribution in [0.3, 0.4) is 0 Å². The molecule has 140 valence electrons. The molecule has 0 saturated heterocycles. The molecular weight excluding hydrogens is 365 g/mol. The number of aryl methyl sites for hydroxylation is 3. The van der Waals surface area contributed by atoms with Crippen LogP contribution < -0.4 is 5.32 Å². The third kappa shape index (κ3) is 4.36. The van der Waals surface area contributed by atoms with Gasteiger partial charge in [-0.2, -0.15) is 0 Å². The molecule has 3 aromatic rings. The van der Waals surface area contributed by atoms with Crippen LogP contribution >= 0.6 is 11.8 Å². The zero-order valence-electron chi connectivity index (χ0n) is 15.5. The summed E-state index contributed by atoms with van der Waals surface area (Å²) < 4.78 is 19.3. The minimum Gasteiger partial charge on any atom is -0.411 e. The Morgan fingerprint density at radius 3 is 2.48 bits per heavy atom. The predicted molar refractivity (Wildman–Crippen MR) is 104 cm³/mol. The summed E-state index contributed by atoms with van der Waals surface area (Å²) >= 11 is 1.13. The fourth-order valence-electron chi connectivity index (χ4n) is 2.81. The molecule has 0 fully saturated rings. The number of hydrogen-bond acceptors (Lipinski definition) is 5. The Bertz CT molecular complexity index is 964. The first kappa shape index (κ1) is 19.1. The maximum Gasteiger partial charge on any atom is 0.277 e. The Kier molecular flexibility index (Phi) is 5.60. The Hall–Kier alpha value is -2.67. The average molecular weight is 385 g/mol. The number of anilines is 1. The van der Waals surface area contributed by atoms with E-state index in [0.717, 1.165) is 34.1 Å². The summed E-state index contributed by atoms with van der Waals surface area (Å²) in [5.74, 6) is -0.511. The number of rotatable bonds is 5. The predicted octanol–water partition coefficient (Wildman–Crippen LogP) is 4.92. The number of halogens is 1. The van der Waals surface area contributed by atoms with Gasteiger partial charge in [-0.05, 0) is 51.0 Å². The van der Waals surface area contributed by atoms with E-state index in [1.54, 1.807) is 25.1 Å². The first-order valence-corrected chi connectivity index (χ1v) is 9.37. The normalized spacial score (nSPS) is 12.0. The van der Waals surface area contributed by atoms with Crippen LogP contribution in [0.1, 0.15) is 23.6 Å². The SMILES string of the molecule is Cc1cc(C)c(NC(=O)[C@H](C)Sc2nnc(-c3ccccc3F)o2)c(C)c1. The third-order valence-corrected chi connectivity index (χ3v) is 5.02. The van der Waals surface area contributed by atoms with Gasteiger partial charge in [0.15, 0.2) is 0 Å². The lowest BCUT2D eigenvalue weighted by atomic mass is 10.1. The number of hydrogen-bond donors (Lipinski definition) is 1. The quantitative estimate of drug-likeness (QED) is 0.632. The highest BCUT2D eigenvalue weighted by Crippen LogP contribution is 2.29. The molecule has 7 heteroatoms. The van der Waals surface area contributed by atoms with Gasteiger partial charge < -0.3 is 9.73 Å². The fourth-order valence-corrected chi connectivity index (χ4v) is 3.49. The average Bonchev–Trinajstić information content (AvgIpc) is 3.06. The summed E-state index contributed by atoms with van der Waals surface area (Å²) in [6.45, 7) is 7.71. The van der Waals surface area contributed by atoms with Crippen LogP contribution in [-0.2, 0) is 4.79 Å². The molecule has 0 aliphatic carbocycles. The molecule has 0 aliphatic heterocycles. The topological polar surface area (TPSA) is 68.0 Å². The van der Waals surface area contributed by atoms with Crippen molar-refractivity contribution in [3.8, 4) is 11.5 Å². The molecule has 1 aromatic heterocycles. The van der Waals surface area contributed by atoms with Crippen molar-refractivity contribution in [1.29, 1.82) is 0 Å². The summed E-state index contributed by atoms with van der Waals surface area (Å²) in [5, 5.41) is 10.5. The standard InChI is InChI=1S/C20H20FN3O2S/c1-11-9-12(2)17(13(3)10-11)22-18(25)14(4)27-20-24-23-19(26-20)15-7-5-6-8-16(15)21/h5-10,14H,1-4H3,(H,22,25)/t14-/m0/s1. The second kappa shape index (κ2) is 7.92. The molecule has 1 heterocycles. The van der Waals surface area contributed by atoms with E-state index in [0.29, 0.717) is 0 Å². The maximum atomic E-state index is 13.8. The highest BCUT2D eigenvalue weighted by molar-refractivity contribution is 8.00. The molecule has 3 rings (SSSR count). The molecule has 2 aromatic carbocycles. The molecule has 0 aliphatic rings. The second-order valence-corrected chi connectivity index (χ2v) is 7.67. The van der Waals surface area contributed by atoms with Crippen molar-refractivity contribution in [3.63, 3.8) is 0 Å². The largest absolute Gasteiger partial charge is 0.411 e. The Morgan fingerprint density at radius 1 is 1.15 bits per heavy atom. The molecule has 0 bridgehead atoms. The monoisotopic (exact) mass is 385 g/mol. The summed E-state index contributed by atoms with van der Waals surface area (Å²) in [4.78, 5) is 12.6. The van der Waals surface area contributed by atoms with Crippen LogP contribution in [0, 0.1) is 26.6 Å². The molecule has 1 amide bonds. The lowest BCUT2D eigenvalue weighted by molar-refractivity contribution is -0.115. The first-order chi connectivity index (χ1) is 12.8. The van der Waals surface area contributed by atoms with Crippen molar-refractivity contribution in [3.05, 3.63) is 58.9 Å². The second-order valence-electron chi connectivity index (χ2n) is 6.38. The van der Waals surface area contributed by atoms with Gasteiger partial charge in [0.1, 0.15) is 5.82 Å². The van der Waals surface area contributed by atoms with Crippen LogP contribution in [0.4, 0.5) is 10.1 Å². The smallest absolute Gasteiger partial charge is 0.277 e. The van der Waals surface area contributed by atoms with Gasteiger partial charge in [-0.1, -0.05) is 41.6 Å². The van der Waals surface area contributed by atoms with Crippen LogP contribution in [-0.4, -0.2) is 21.4 Å². The number of nitrogens with one attached hydrogen (secondary N) is 1. The number of amides is 1. The van der Waals surface area contributed by atoms with E-state index >= 15 is 0 Å². The van der Waals surface area contributed by atoms with Gasteiger partial charge in [0.2, 0.25) is 5.91 Å². The molecule has 1 atom stereocenters. The van der Waals surface area contributed by atoms with Gasteiger partial charge in [-0.25, -0.2) is 4.39 Å². The van der Waals surface area contributed by atoms with E-state index in [1.807, 2.05) is 32.9 Å². The van der Waals surface area contributed by atoms with E-state index in [4.69, 9.17) is 4.42 Å². The van der Waals surface area contributed by atoms with Gasteiger partial charge in [0.25, 0.3) is 11.1 Å². The van der Waals surface area contributed by atoms with Crippen LogP contribution in [0.15, 0.2) is 46.0 Å². The number of nitrogens with zero attached hydrogens (tertiary/aromatic N) is 2. The number of aromatic nitrogens is 2. The van der Waals surface area contributed by atoms with Crippen LogP contribution in [0.25, 0.3) is 11.5 Å². The number of benzene rings is 2. The molecule has 0 saturated carbocycles. The van der Waals surface area contributed by atoms with E-state index < -0.39 is 11.1 Å². The molecular formula is C20H20FN3O2S. The third-order valence-electron chi connectivity index (χ3n) is 4.08. The Balaban J connectivity index is 1.70. The lowest BCUT2D eigenvalue weighted by Crippen LogP contribution is -2.23. The number of thioether (sulfide) groups is 1. The Morgan fingerprint density at radius 2 is 1.81 bits per heavy atom. The van der Waals surface area contributed by atoms with Gasteiger partial charge in [0, 0.05) is 5.69 Å². The highest BCUT2D eigenvalue weighted by atomic mass is 32.2. The van der Waals surface area contributed by atoms with Crippen molar-refractivity contribution < 1.29 is 13.6 Å². The molecule has 0 radical (unpaired) electrons. The number of carbonyl (C=O) groups is 1. The zero-order valence-corrected chi connectivity index (χ0v) is 16.4. The van der Waals surface area contributed by atoms with Crippen LogP contribution in [0.5, 0.6) is 0 Å². The van der Waals surface area contributed by atoms with Crippen molar-refractivity contribution >= 4 is 23.4 Å². The highest BCUT2D eigenvalue weighted by Gasteiger charge is 2.20. The maximum absolute atomic E-state index is 13.8. The van der Waals surface area contributed by atoms with E-state index in [2.05, 4.69) is 15.5 Å². The summed E-state index contributed by atoms with van der Waals surface area (Å²) in [7, 11) is 0. The molecule has 5 nitrogen and oxygen atoms in total. The number of carbonyl (C=O) groups excluding carboxylic acids is 1. The molecule has 0 unspecified atom stereocenters. The molecule has 27 heavy (non-hydrogen) atoms. The van der Waals surface area contributed by atoms with Gasteiger partial charge in [0.05, 0.1) is 10.8 Å². The summed E-state index contributed by atoms with van der Waals surface area (Å²) in [6, 6.07) is 10.2. The van der Waals surface area contributed by atoms with E-state index in [-0.39, 0.29) is 22.6 Å². The van der Waals surface area contributed by atoms with E-state index in [9.17, 15) is 9.18 Å². The van der Waals surface area contributed by atoms with Crippen molar-refractivity contribution in [2.45, 2.75) is 38.2 Å². The zero-order chi connectivity index (χ0) is 19.6. The van der Waals surface area contributed by atoms with Crippen molar-refractivity contribution in [2.24, 2.45) is 0 Å². The minimum absolute atomic E-state index is 0.0911. The van der Waals surface area contributed by atoms with Crippen LogP contribution in [0.2, 0.25) is 0 Å². The van der Waals surface area contributed by atoms with Crippen molar-refractivity contribution in [2.75, 3.05) is 5.32 Å². The summed E-state index contributed by atoms with van der Waals surface area (Å²) in [6.07, 6.45) is 0. The summed E-state index contributed by atoms with van der Waals surface area (Å²) in [5.41, 5.74) is 4.22. The van der Waals surface area contributed by atoms with Gasteiger partial charge >= 0.3 is 0 Å². The lowest BCUT2D eigenvalue weighted by Gasteiger charge is -2.15. The van der Waals surface area contributed by atoms with Gasteiger partial charge in [-0.15, -0.1) is 10.2 Å². The van der Waals surface area contributed by atoms with Crippen molar-refractivity contribution in [1.82, 2.24) is 10.2 Å². The Labute approximate surface area is 161 Å². The van der Waals surface area contributed by atoms with E-state index in [1.165, 1.54) is 6.07 Å². The molecule has 0 spiro atoms. The fraction of sp³-hybridized carbons (Fsp3) is 0.250. The molecule has 1 N–H and O–H groups in total. The minimum atomic E-state index is -0.459. The first-order valence-electron chi connectivity index (χ1n) is 8.49. The van der Waals surface area contributed by atoms with Gasteiger partial charge in [-0.3, -0.25) is 4.79 Å².